The molecule has 0 radical (unpaired) electrons. The van der Waals surface area contributed by atoms with Gasteiger partial charge in [-0.05, 0) is 49.7 Å². The summed E-state index contributed by atoms with van der Waals surface area (Å²) in [5.74, 6) is -0.119. The lowest BCUT2D eigenvalue weighted by Gasteiger charge is -2.26. The summed E-state index contributed by atoms with van der Waals surface area (Å²) in [4.78, 5) is 38.5. The highest BCUT2D eigenvalue weighted by Crippen LogP contribution is 2.35. The van der Waals surface area contributed by atoms with Gasteiger partial charge < -0.3 is 10.6 Å². The second-order valence-corrected chi connectivity index (χ2v) is 7.99. The van der Waals surface area contributed by atoms with Gasteiger partial charge in [0.05, 0.1) is 6.04 Å². The first-order valence-electron chi connectivity index (χ1n) is 10.1. The summed E-state index contributed by atoms with van der Waals surface area (Å²) >= 11 is 0. The molecule has 4 amide bonds. The molecule has 4 rings (SSSR count). The number of amides is 4. The molecular formula is C21H27N3O3. The van der Waals surface area contributed by atoms with Crippen molar-refractivity contribution < 1.29 is 14.4 Å². The van der Waals surface area contributed by atoms with Gasteiger partial charge in [0.2, 0.25) is 5.91 Å². The molecular weight excluding hydrogens is 342 g/mol. The van der Waals surface area contributed by atoms with E-state index >= 15 is 0 Å². The van der Waals surface area contributed by atoms with Crippen LogP contribution in [0.2, 0.25) is 0 Å². The minimum Gasteiger partial charge on any atom is -0.349 e. The standard InChI is InChI=1S/C21H27N3O3/c25-18(22-17-10-5-8-15-7-1-2-9-16(15)17)11-6-14-24-19(26)21(23-20(24)27)12-3-4-13-21/h1-2,7,9,17H,3-6,8,10-14H2,(H,22,25)(H,23,27)/t17-/m1/s1. The van der Waals surface area contributed by atoms with E-state index in [0.29, 0.717) is 19.4 Å². The highest BCUT2D eigenvalue weighted by atomic mass is 16.2. The maximum Gasteiger partial charge on any atom is 0.325 e. The molecule has 1 atom stereocenters. The summed E-state index contributed by atoms with van der Waals surface area (Å²) in [5, 5.41) is 6.01. The van der Waals surface area contributed by atoms with Crippen molar-refractivity contribution in [1.29, 1.82) is 0 Å². The largest absolute Gasteiger partial charge is 0.349 e. The van der Waals surface area contributed by atoms with Crippen LogP contribution in [-0.2, 0) is 16.0 Å². The quantitative estimate of drug-likeness (QED) is 0.784. The Morgan fingerprint density at radius 1 is 1.19 bits per heavy atom. The number of benzene rings is 1. The van der Waals surface area contributed by atoms with E-state index in [0.717, 1.165) is 44.9 Å². The zero-order valence-corrected chi connectivity index (χ0v) is 15.6. The molecule has 2 N–H and O–H groups in total. The topological polar surface area (TPSA) is 78.5 Å². The van der Waals surface area contributed by atoms with Crippen molar-refractivity contribution in [2.75, 3.05) is 6.54 Å². The Kier molecular flexibility index (Phi) is 4.89. The predicted octanol–water partition coefficient (Wildman–Crippen LogP) is 2.83. The lowest BCUT2D eigenvalue weighted by Crippen LogP contribution is -2.44. The van der Waals surface area contributed by atoms with Gasteiger partial charge in [-0.15, -0.1) is 0 Å². The van der Waals surface area contributed by atoms with Gasteiger partial charge in [-0.1, -0.05) is 37.1 Å². The second kappa shape index (κ2) is 7.33. The van der Waals surface area contributed by atoms with Crippen LogP contribution >= 0.6 is 0 Å². The van der Waals surface area contributed by atoms with E-state index < -0.39 is 5.54 Å². The summed E-state index contributed by atoms with van der Waals surface area (Å²) in [6.07, 6.45) is 7.33. The molecule has 3 aliphatic rings. The normalized spacial score (nSPS) is 23.4. The molecule has 1 saturated carbocycles. The smallest absolute Gasteiger partial charge is 0.325 e. The second-order valence-electron chi connectivity index (χ2n) is 7.99. The van der Waals surface area contributed by atoms with Crippen molar-refractivity contribution >= 4 is 17.8 Å². The first kappa shape index (κ1) is 18.0. The summed E-state index contributed by atoms with van der Waals surface area (Å²) in [7, 11) is 0. The Morgan fingerprint density at radius 3 is 2.78 bits per heavy atom. The molecule has 0 bridgehead atoms. The van der Waals surface area contributed by atoms with Gasteiger partial charge in [-0.2, -0.15) is 0 Å². The van der Waals surface area contributed by atoms with Crippen LogP contribution in [0.15, 0.2) is 24.3 Å². The summed E-state index contributed by atoms with van der Waals surface area (Å²) in [6.45, 7) is 0.307. The first-order valence-corrected chi connectivity index (χ1v) is 10.1. The average molecular weight is 369 g/mol. The summed E-state index contributed by atoms with van der Waals surface area (Å²) < 4.78 is 0. The van der Waals surface area contributed by atoms with Crippen LogP contribution < -0.4 is 10.6 Å². The molecule has 0 aromatic heterocycles. The minimum absolute atomic E-state index is 0.0145. The molecule has 6 heteroatoms. The third kappa shape index (κ3) is 3.45. The molecule has 27 heavy (non-hydrogen) atoms. The maximum atomic E-state index is 12.6. The number of rotatable bonds is 5. The predicted molar refractivity (Wildman–Crippen MR) is 101 cm³/mol. The number of fused-ring (bicyclic) bond motifs is 1. The zero-order chi connectivity index (χ0) is 18.9. The molecule has 2 fully saturated rings. The number of hydrogen-bond acceptors (Lipinski definition) is 3. The van der Waals surface area contributed by atoms with Crippen molar-refractivity contribution in [2.45, 2.75) is 69.4 Å². The number of aryl methyl sites for hydroxylation is 1. The molecule has 1 aromatic carbocycles. The number of carbonyl (C=O) groups excluding carboxylic acids is 3. The Bertz CT molecular complexity index is 755. The van der Waals surface area contributed by atoms with Gasteiger partial charge >= 0.3 is 6.03 Å². The van der Waals surface area contributed by atoms with Gasteiger partial charge in [0.25, 0.3) is 5.91 Å². The van der Waals surface area contributed by atoms with E-state index in [1.165, 1.54) is 16.0 Å². The molecule has 1 aromatic rings. The molecule has 1 spiro atoms. The van der Waals surface area contributed by atoms with Crippen LogP contribution in [0.4, 0.5) is 4.79 Å². The fourth-order valence-electron chi connectivity index (χ4n) is 4.76. The van der Waals surface area contributed by atoms with E-state index in [4.69, 9.17) is 0 Å². The monoisotopic (exact) mass is 369 g/mol. The van der Waals surface area contributed by atoms with Gasteiger partial charge in [0.15, 0.2) is 0 Å². The van der Waals surface area contributed by atoms with Crippen LogP contribution in [0.5, 0.6) is 0 Å². The lowest BCUT2D eigenvalue weighted by atomic mass is 9.87. The van der Waals surface area contributed by atoms with E-state index in [1.54, 1.807) is 0 Å². The van der Waals surface area contributed by atoms with E-state index in [9.17, 15) is 14.4 Å². The zero-order valence-electron chi connectivity index (χ0n) is 15.6. The fraction of sp³-hybridized carbons (Fsp3) is 0.571. The Hall–Kier alpha value is -2.37. The van der Waals surface area contributed by atoms with Gasteiger partial charge in [0, 0.05) is 13.0 Å². The third-order valence-corrected chi connectivity index (χ3v) is 6.19. The SMILES string of the molecule is O=C(CCCN1C(=O)NC2(CCCC2)C1=O)N[C@@H]1CCCc2ccccc21. The number of urea groups is 1. The maximum absolute atomic E-state index is 12.6. The lowest BCUT2D eigenvalue weighted by molar-refractivity contribution is -0.131. The van der Waals surface area contributed by atoms with Crippen molar-refractivity contribution in [3.8, 4) is 0 Å². The van der Waals surface area contributed by atoms with Crippen LogP contribution in [0.25, 0.3) is 0 Å². The van der Waals surface area contributed by atoms with Crippen LogP contribution in [0, 0.1) is 0 Å². The fourth-order valence-corrected chi connectivity index (χ4v) is 4.76. The number of imide groups is 1. The highest BCUT2D eigenvalue weighted by Gasteiger charge is 2.52. The molecule has 1 saturated heterocycles. The summed E-state index contributed by atoms with van der Waals surface area (Å²) in [6, 6.07) is 8.04. The van der Waals surface area contributed by atoms with Gasteiger partial charge in [0.1, 0.15) is 5.54 Å². The van der Waals surface area contributed by atoms with Crippen LogP contribution in [-0.4, -0.2) is 34.8 Å². The Morgan fingerprint density at radius 2 is 1.96 bits per heavy atom. The molecule has 1 aliphatic heterocycles. The number of hydrogen-bond donors (Lipinski definition) is 2. The van der Waals surface area contributed by atoms with Crippen LogP contribution in [0.1, 0.15) is 68.5 Å². The first-order chi connectivity index (χ1) is 13.1. The average Bonchev–Trinajstić information content (AvgIpc) is 3.22. The van der Waals surface area contributed by atoms with E-state index in [2.05, 4.69) is 22.8 Å². The van der Waals surface area contributed by atoms with Crippen molar-refractivity contribution in [3.05, 3.63) is 35.4 Å². The van der Waals surface area contributed by atoms with Crippen molar-refractivity contribution in [2.24, 2.45) is 0 Å². The number of nitrogens with one attached hydrogen (secondary N) is 2. The number of carbonyl (C=O) groups is 3. The van der Waals surface area contributed by atoms with E-state index in [-0.39, 0.29) is 23.9 Å². The molecule has 2 aliphatic carbocycles. The molecule has 0 unspecified atom stereocenters. The highest BCUT2D eigenvalue weighted by molar-refractivity contribution is 6.07. The minimum atomic E-state index is -0.662. The molecule has 1 heterocycles. The summed E-state index contributed by atoms with van der Waals surface area (Å²) in [5.41, 5.74) is 1.87. The van der Waals surface area contributed by atoms with Crippen LogP contribution in [0.3, 0.4) is 0 Å². The number of nitrogens with zero attached hydrogens (tertiary/aromatic N) is 1. The Balaban J connectivity index is 1.28. The van der Waals surface area contributed by atoms with Gasteiger partial charge in [-0.25, -0.2) is 4.79 Å². The van der Waals surface area contributed by atoms with Crippen molar-refractivity contribution in [1.82, 2.24) is 15.5 Å². The third-order valence-electron chi connectivity index (χ3n) is 6.19. The molecule has 6 nitrogen and oxygen atoms in total. The Labute approximate surface area is 159 Å². The van der Waals surface area contributed by atoms with E-state index in [1.807, 2.05) is 12.1 Å². The van der Waals surface area contributed by atoms with Crippen molar-refractivity contribution in [3.63, 3.8) is 0 Å². The van der Waals surface area contributed by atoms with Gasteiger partial charge in [-0.3, -0.25) is 14.5 Å². The molecule has 144 valence electrons.